The highest BCUT2D eigenvalue weighted by Crippen LogP contribution is 2.51. The summed E-state index contributed by atoms with van der Waals surface area (Å²) in [6.07, 6.45) is 1.95. The van der Waals surface area contributed by atoms with Gasteiger partial charge in [0.25, 0.3) is 0 Å². The average Bonchev–Trinajstić information content (AvgIpc) is 2.84. The molecule has 0 aromatic heterocycles. The van der Waals surface area contributed by atoms with Crippen LogP contribution in [0.1, 0.15) is 32.3 Å². The minimum Gasteiger partial charge on any atom is -0.324 e. The van der Waals surface area contributed by atoms with E-state index >= 15 is 0 Å². The predicted molar refractivity (Wildman–Crippen MR) is 63.3 cm³/mol. The Kier molecular flexibility index (Phi) is 2.43. The van der Waals surface area contributed by atoms with E-state index in [1.54, 1.807) is 6.07 Å². The van der Waals surface area contributed by atoms with E-state index in [0.29, 0.717) is 5.56 Å². The zero-order chi connectivity index (χ0) is 11.3. The molecule has 1 saturated carbocycles. The third-order valence-electron chi connectivity index (χ3n) is 3.62. The summed E-state index contributed by atoms with van der Waals surface area (Å²) in [5.41, 5.74) is 6.35. The Balaban J connectivity index is 2.53. The zero-order valence-electron chi connectivity index (χ0n) is 8.98. The summed E-state index contributed by atoms with van der Waals surface area (Å²) in [5.74, 6) is -0.175. The minimum atomic E-state index is -0.322. The van der Waals surface area contributed by atoms with Gasteiger partial charge in [-0.2, -0.15) is 0 Å². The van der Waals surface area contributed by atoms with Crippen LogP contribution in [0.25, 0.3) is 0 Å². The molecule has 82 valence electrons. The Bertz CT molecular complexity index is 376. The minimum absolute atomic E-state index is 0.175. The van der Waals surface area contributed by atoms with Crippen molar-refractivity contribution in [3.8, 4) is 0 Å². The normalized spacial score (nSPS) is 19.0. The molecule has 1 nitrogen and oxygen atoms in total. The Morgan fingerprint density at radius 1 is 1.40 bits per heavy atom. The Morgan fingerprint density at radius 3 is 2.47 bits per heavy atom. The third-order valence-corrected chi connectivity index (χ3v) is 4.28. The third kappa shape index (κ3) is 1.62. The van der Waals surface area contributed by atoms with Crippen LogP contribution >= 0.6 is 15.9 Å². The van der Waals surface area contributed by atoms with Gasteiger partial charge in [0.05, 0.1) is 0 Å². The summed E-state index contributed by atoms with van der Waals surface area (Å²) in [7, 11) is 0. The lowest BCUT2D eigenvalue weighted by Crippen LogP contribution is -2.44. The fraction of sp³-hybridized carbons (Fsp3) is 0.500. The Hall–Kier alpha value is -0.410. The Labute approximate surface area is 98.0 Å². The number of benzene rings is 1. The summed E-state index contributed by atoms with van der Waals surface area (Å²) in [5, 5.41) is 0. The van der Waals surface area contributed by atoms with E-state index in [2.05, 4.69) is 15.9 Å². The van der Waals surface area contributed by atoms with E-state index in [4.69, 9.17) is 5.73 Å². The first-order chi connectivity index (χ1) is 6.88. The first kappa shape index (κ1) is 11.1. The number of hydrogen-bond acceptors (Lipinski definition) is 1. The van der Waals surface area contributed by atoms with Crippen molar-refractivity contribution >= 4 is 15.9 Å². The molecule has 2 rings (SSSR count). The van der Waals surface area contributed by atoms with E-state index in [-0.39, 0.29) is 16.8 Å². The van der Waals surface area contributed by atoms with E-state index in [0.717, 1.165) is 17.3 Å². The first-order valence-electron chi connectivity index (χ1n) is 5.12. The highest BCUT2D eigenvalue weighted by atomic mass is 79.9. The van der Waals surface area contributed by atoms with Crippen molar-refractivity contribution in [1.82, 2.24) is 0 Å². The molecule has 2 N–H and O–H groups in total. The molecule has 0 radical (unpaired) electrons. The lowest BCUT2D eigenvalue weighted by Gasteiger charge is -2.33. The van der Waals surface area contributed by atoms with E-state index in [9.17, 15) is 4.39 Å². The molecule has 0 heterocycles. The van der Waals surface area contributed by atoms with Crippen molar-refractivity contribution in [2.24, 2.45) is 5.73 Å². The van der Waals surface area contributed by atoms with E-state index in [1.807, 2.05) is 19.9 Å². The number of nitrogens with two attached hydrogens (primary N) is 1. The molecule has 1 aliphatic rings. The summed E-state index contributed by atoms with van der Waals surface area (Å²) in [6.45, 7) is 4.03. The van der Waals surface area contributed by atoms with E-state index < -0.39 is 0 Å². The number of rotatable bonds is 2. The smallest absolute Gasteiger partial charge is 0.128 e. The van der Waals surface area contributed by atoms with Crippen LogP contribution in [0.3, 0.4) is 0 Å². The topological polar surface area (TPSA) is 26.0 Å². The van der Waals surface area contributed by atoms with Crippen LogP contribution in [0.4, 0.5) is 4.39 Å². The Morgan fingerprint density at radius 2 is 2.00 bits per heavy atom. The van der Waals surface area contributed by atoms with Gasteiger partial charge in [-0.1, -0.05) is 35.8 Å². The van der Waals surface area contributed by atoms with Crippen molar-refractivity contribution in [1.29, 1.82) is 0 Å². The van der Waals surface area contributed by atoms with Crippen molar-refractivity contribution in [2.45, 2.75) is 37.6 Å². The van der Waals surface area contributed by atoms with Gasteiger partial charge in [-0.3, -0.25) is 0 Å². The van der Waals surface area contributed by atoms with Gasteiger partial charge in [-0.15, -0.1) is 0 Å². The van der Waals surface area contributed by atoms with Crippen molar-refractivity contribution in [2.75, 3.05) is 0 Å². The second kappa shape index (κ2) is 3.29. The fourth-order valence-corrected chi connectivity index (χ4v) is 2.94. The fourth-order valence-electron chi connectivity index (χ4n) is 2.10. The summed E-state index contributed by atoms with van der Waals surface area (Å²) in [4.78, 5) is 0. The summed E-state index contributed by atoms with van der Waals surface area (Å²) >= 11 is 3.41. The van der Waals surface area contributed by atoms with Gasteiger partial charge in [0, 0.05) is 21.0 Å². The molecule has 1 fully saturated rings. The van der Waals surface area contributed by atoms with Gasteiger partial charge in [-0.05, 0) is 25.0 Å². The maximum atomic E-state index is 13.8. The van der Waals surface area contributed by atoms with Crippen LogP contribution in [0.15, 0.2) is 22.7 Å². The second-order valence-electron chi connectivity index (χ2n) is 4.88. The SMILES string of the molecule is CC(C)(c1c(F)cccc1Br)C1(N)CC1. The van der Waals surface area contributed by atoms with Gasteiger partial charge in [0.2, 0.25) is 0 Å². The maximum absolute atomic E-state index is 13.8. The first-order valence-corrected chi connectivity index (χ1v) is 5.91. The van der Waals surface area contributed by atoms with Crippen LogP contribution in [0, 0.1) is 5.82 Å². The van der Waals surface area contributed by atoms with Crippen molar-refractivity contribution < 1.29 is 4.39 Å². The lowest BCUT2D eigenvalue weighted by atomic mass is 9.76. The highest BCUT2D eigenvalue weighted by molar-refractivity contribution is 9.10. The molecule has 0 amide bonds. The van der Waals surface area contributed by atoms with Crippen LogP contribution in [-0.4, -0.2) is 5.54 Å². The molecule has 1 aromatic rings. The van der Waals surface area contributed by atoms with Crippen LogP contribution in [0.2, 0.25) is 0 Å². The molecule has 3 heteroatoms. The molecular formula is C12H15BrFN. The van der Waals surface area contributed by atoms with Crippen molar-refractivity contribution in [3.63, 3.8) is 0 Å². The lowest BCUT2D eigenvalue weighted by molar-refractivity contribution is 0.373. The molecule has 1 aliphatic carbocycles. The molecule has 0 spiro atoms. The molecule has 0 aliphatic heterocycles. The quantitative estimate of drug-likeness (QED) is 0.877. The van der Waals surface area contributed by atoms with Gasteiger partial charge < -0.3 is 5.73 Å². The summed E-state index contributed by atoms with van der Waals surface area (Å²) in [6, 6.07) is 5.06. The standard InChI is InChI=1S/C12H15BrFN/c1-11(2,12(15)6-7-12)10-8(13)4-3-5-9(10)14/h3-5H,6-7,15H2,1-2H3. The molecule has 0 unspecified atom stereocenters. The van der Waals surface area contributed by atoms with Crippen molar-refractivity contribution in [3.05, 3.63) is 34.1 Å². The van der Waals surface area contributed by atoms with Gasteiger partial charge in [0.1, 0.15) is 5.82 Å². The number of halogens is 2. The van der Waals surface area contributed by atoms with Crippen LogP contribution in [0.5, 0.6) is 0 Å². The zero-order valence-corrected chi connectivity index (χ0v) is 10.6. The van der Waals surface area contributed by atoms with E-state index in [1.165, 1.54) is 6.07 Å². The summed E-state index contributed by atoms with van der Waals surface area (Å²) < 4.78 is 14.6. The predicted octanol–water partition coefficient (Wildman–Crippen LogP) is 3.36. The molecule has 0 saturated heterocycles. The monoisotopic (exact) mass is 271 g/mol. The van der Waals surface area contributed by atoms with Gasteiger partial charge in [-0.25, -0.2) is 4.39 Å². The van der Waals surface area contributed by atoms with Crippen LogP contribution < -0.4 is 5.73 Å². The molecule has 1 aromatic carbocycles. The average molecular weight is 272 g/mol. The van der Waals surface area contributed by atoms with Gasteiger partial charge in [0.15, 0.2) is 0 Å². The number of hydrogen-bond donors (Lipinski definition) is 1. The maximum Gasteiger partial charge on any atom is 0.128 e. The molecule has 0 bridgehead atoms. The second-order valence-corrected chi connectivity index (χ2v) is 5.73. The molecular weight excluding hydrogens is 257 g/mol. The molecule has 15 heavy (non-hydrogen) atoms. The van der Waals surface area contributed by atoms with Gasteiger partial charge >= 0.3 is 0 Å². The highest BCUT2D eigenvalue weighted by Gasteiger charge is 2.53. The molecule has 0 atom stereocenters. The van der Waals surface area contributed by atoms with Crippen LogP contribution in [-0.2, 0) is 5.41 Å². The largest absolute Gasteiger partial charge is 0.324 e.